The van der Waals surface area contributed by atoms with Crippen molar-refractivity contribution < 1.29 is 4.79 Å². The highest BCUT2D eigenvalue weighted by Crippen LogP contribution is 2.28. The maximum Gasteiger partial charge on any atom is 0.276 e. The lowest BCUT2D eigenvalue weighted by molar-refractivity contribution is 0.0660. The van der Waals surface area contributed by atoms with Crippen molar-refractivity contribution in [3.63, 3.8) is 0 Å². The van der Waals surface area contributed by atoms with Gasteiger partial charge < -0.3 is 10.2 Å². The Bertz CT molecular complexity index is 758. The van der Waals surface area contributed by atoms with Gasteiger partial charge in [-0.15, -0.1) is 17.5 Å². The van der Waals surface area contributed by atoms with E-state index in [0.717, 1.165) is 57.4 Å². The van der Waals surface area contributed by atoms with Crippen LogP contribution in [0, 0.1) is 6.92 Å². The first-order chi connectivity index (χ1) is 13.7. The Morgan fingerprint density at radius 1 is 1.24 bits per heavy atom. The van der Waals surface area contributed by atoms with E-state index >= 15 is 0 Å². The van der Waals surface area contributed by atoms with Crippen molar-refractivity contribution in [2.75, 3.05) is 19.6 Å². The summed E-state index contributed by atoms with van der Waals surface area (Å²) in [6.45, 7) is 9.00. The van der Waals surface area contributed by atoms with E-state index in [2.05, 4.69) is 41.6 Å². The predicted octanol–water partition coefficient (Wildman–Crippen LogP) is 4.33. The average molecular weight is 420 g/mol. The molecule has 1 N–H and O–H groups in total. The molecule has 1 unspecified atom stereocenters. The first-order valence-corrected chi connectivity index (χ1v) is 10.7. The minimum Gasteiger partial charge on any atom is -0.330 e. The Morgan fingerprint density at radius 3 is 2.55 bits per heavy atom. The number of carbonyl (C=O) groups excluding carboxylic acids is 1. The number of unbranched alkanes of at least 4 members (excludes halogenated alkanes) is 1. The van der Waals surface area contributed by atoms with Crippen LogP contribution in [0.5, 0.6) is 0 Å². The fourth-order valence-corrected chi connectivity index (χ4v) is 4.11. The number of nitrogens with zero attached hydrogens (tertiary/aromatic N) is 4. The lowest BCUT2D eigenvalue weighted by Gasteiger charge is -2.31. The number of hydrogen-bond donors (Lipinski definition) is 1. The molecule has 29 heavy (non-hydrogen) atoms. The highest BCUT2D eigenvalue weighted by Gasteiger charge is 2.29. The quantitative estimate of drug-likeness (QED) is 0.691. The molecule has 2 heterocycles. The van der Waals surface area contributed by atoms with Crippen LogP contribution in [0.2, 0.25) is 0 Å². The van der Waals surface area contributed by atoms with Crippen molar-refractivity contribution in [3.05, 3.63) is 47.3 Å². The Labute approximate surface area is 180 Å². The summed E-state index contributed by atoms with van der Waals surface area (Å²) in [5.74, 6) is 0.00170. The van der Waals surface area contributed by atoms with Crippen molar-refractivity contribution in [1.82, 2.24) is 25.2 Å². The monoisotopic (exact) mass is 419 g/mol. The summed E-state index contributed by atoms with van der Waals surface area (Å²) in [5, 5.41) is 12.1. The zero-order valence-corrected chi connectivity index (χ0v) is 18.6. The maximum atomic E-state index is 13.5. The molecule has 1 amide bonds. The Balaban J connectivity index is 0.00000300. The van der Waals surface area contributed by atoms with Crippen LogP contribution >= 0.6 is 12.4 Å². The Kier molecular flexibility index (Phi) is 9.11. The second-order valence-corrected chi connectivity index (χ2v) is 7.64. The second kappa shape index (κ2) is 11.3. The molecule has 1 aromatic carbocycles. The van der Waals surface area contributed by atoms with Crippen LogP contribution < -0.4 is 5.32 Å². The summed E-state index contributed by atoms with van der Waals surface area (Å²) in [4.78, 5) is 15.5. The van der Waals surface area contributed by atoms with Gasteiger partial charge in [-0.25, -0.2) is 4.68 Å². The van der Waals surface area contributed by atoms with Gasteiger partial charge in [0.1, 0.15) is 0 Å². The molecule has 0 saturated carbocycles. The molecular formula is C22H34ClN5O. The molecule has 1 fully saturated rings. The zero-order valence-electron chi connectivity index (χ0n) is 17.8. The fourth-order valence-electron chi connectivity index (χ4n) is 4.11. The van der Waals surface area contributed by atoms with E-state index in [1.807, 2.05) is 34.7 Å². The minimum atomic E-state index is 0. The van der Waals surface area contributed by atoms with Gasteiger partial charge in [0, 0.05) is 6.54 Å². The predicted molar refractivity (Wildman–Crippen MR) is 119 cm³/mol. The maximum absolute atomic E-state index is 13.5. The van der Waals surface area contributed by atoms with E-state index in [9.17, 15) is 4.79 Å². The van der Waals surface area contributed by atoms with Gasteiger partial charge in [-0.1, -0.05) is 55.8 Å². The van der Waals surface area contributed by atoms with Crippen LogP contribution in [0.4, 0.5) is 0 Å². The van der Waals surface area contributed by atoms with Gasteiger partial charge in [0.15, 0.2) is 5.69 Å². The number of rotatable bonds is 8. The number of amides is 1. The van der Waals surface area contributed by atoms with Crippen LogP contribution in [0.3, 0.4) is 0 Å². The number of hydrogen-bond acceptors (Lipinski definition) is 4. The zero-order chi connectivity index (χ0) is 19.9. The average Bonchev–Trinajstić information content (AvgIpc) is 3.13. The van der Waals surface area contributed by atoms with Crippen molar-refractivity contribution in [1.29, 1.82) is 0 Å². The van der Waals surface area contributed by atoms with Gasteiger partial charge >= 0.3 is 0 Å². The number of nitrogens with one attached hydrogen (secondary N) is 1. The van der Waals surface area contributed by atoms with Crippen molar-refractivity contribution in [2.45, 2.75) is 65.0 Å². The molecule has 1 aliphatic heterocycles. The van der Waals surface area contributed by atoms with Gasteiger partial charge in [-0.05, 0) is 51.3 Å². The molecule has 1 atom stereocenters. The summed E-state index contributed by atoms with van der Waals surface area (Å²) in [6.07, 6.45) is 4.96. The first kappa shape index (κ1) is 23.4. The molecule has 0 bridgehead atoms. The Hall–Kier alpha value is -1.92. The lowest BCUT2D eigenvalue weighted by atomic mass is 10.0. The molecule has 0 radical (unpaired) electrons. The summed E-state index contributed by atoms with van der Waals surface area (Å²) in [7, 11) is 0. The molecule has 3 rings (SSSR count). The standard InChI is InChI=1S/C22H33N5O.ClH/c1-4-6-16-26(20(5-2)18-10-8-7-9-11-18)22(28)21-17(3)27(25-24-21)19-12-14-23-15-13-19;/h7-11,19-20,23H,4-6,12-16H2,1-3H3;1H. The lowest BCUT2D eigenvalue weighted by Crippen LogP contribution is -2.36. The Morgan fingerprint density at radius 2 is 1.93 bits per heavy atom. The van der Waals surface area contributed by atoms with Crippen LogP contribution in [-0.2, 0) is 0 Å². The number of halogens is 1. The second-order valence-electron chi connectivity index (χ2n) is 7.64. The number of aromatic nitrogens is 3. The van der Waals surface area contributed by atoms with E-state index in [1.54, 1.807) is 0 Å². The van der Waals surface area contributed by atoms with E-state index in [0.29, 0.717) is 11.7 Å². The van der Waals surface area contributed by atoms with E-state index in [4.69, 9.17) is 0 Å². The van der Waals surface area contributed by atoms with Crippen LogP contribution in [0.15, 0.2) is 30.3 Å². The molecule has 0 aliphatic carbocycles. The smallest absolute Gasteiger partial charge is 0.276 e. The topological polar surface area (TPSA) is 63.1 Å². The van der Waals surface area contributed by atoms with E-state index in [-0.39, 0.29) is 24.4 Å². The summed E-state index contributed by atoms with van der Waals surface area (Å²) >= 11 is 0. The van der Waals surface area contributed by atoms with Gasteiger partial charge in [0.05, 0.1) is 17.8 Å². The molecular weight excluding hydrogens is 386 g/mol. The molecule has 1 aromatic heterocycles. The molecule has 1 aliphatic rings. The summed E-state index contributed by atoms with van der Waals surface area (Å²) in [5.41, 5.74) is 2.57. The van der Waals surface area contributed by atoms with Crippen LogP contribution in [0.1, 0.15) is 79.8 Å². The van der Waals surface area contributed by atoms with Crippen molar-refractivity contribution in [3.8, 4) is 0 Å². The molecule has 6 nitrogen and oxygen atoms in total. The van der Waals surface area contributed by atoms with Gasteiger partial charge in [0.25, 0.3) is 5.91 Å². The van der Waals surface area contributed by atoms with Crippen molar-refractivity contribution >= 4 is 18.3 Å². The van der Waals surface area contributed by atoms with Crippen LogP contribution in [0.25, 0.3) is 0 Å². The number of piperidine rings is 1. The SMILES string of the molecule is CCCCN(C(=O)c1nnn(C2CCNCC2)c1C)C(CC)c1ccccc1.Cl. The minimum absolute atomic E-state index is 0. The third kappa shape index (κ3) is 5.37. The van der Waals surface area contributed by atoms with E-state index in [1.165, 1.54) is 5.56 Å². The summed E-state index contributed by atoms with van der Waals surface area (Å²) < 4.78 is 1.97. The van der Waals surface area contributed by atoms with Gasteiger partial charge in [-0.3, -0.25) is 4.79 Å². The molecule has 1 saturated heterocycles. The first-order valence-electron chi connectivity index (χ1n) is 10.7. The number of benzene rings is 1. The fraction of sp³-hybridized carbons (Fsp3) is 0.591. The third-order valence-corrected chi connectivity index (χ3v) is 5.75. The molecule has 2 aromatic rings. The molecule has 160 valence electrons. The third-order valence-electron chi connectivity index (χ3n) is 5.75. The van der Waals surface area contributed by atoms with Crippen molar-refractivity contribution in [2.24, 2.45) is 0 Å². The largest absolute Gasteiger partial charge is 0.330 e. The summed E-state index contributed by atoms with van der Waals surface area (Å²) in [6, 6.07) is 10.7. The van der Waals surface area contributed by atoms with Gasteiger partial charge in [-0.2, -0.15) is 0 Å². The highest BCUT2D eigenvalue weighted by molar-refractivity contribution is 5.93. The molecule has 0 spiro atoms. The molecule has 7 heteroatoms. The van der Waals surface area contributed by atoms with Crippen LogP contribution in [-0.4, -0.2) is 45.4 Å². The number of carbonyl (C=O) groups is 1. The van der Waals surface area contributed by atoms with Gasteiger partial charge in [0.2, 0.25) is 0 Å². The highest BCUT2D eigenvalue weighted by atomic mass is 35.5. The normalized spacial score (nSPS) is 15.6. The van der Waals surface area contributed by atoms with E-state index < -0.39 is 0 Å².